The molecular formula is C15H18N4O2. The third kappa shape index (κ3) is 2.80. The highest BCUT2D eigenvalue weighted by molar-refractivity contribution is 5.92. The van der Waals surface area contributed by atoms with Crippen LogP contribution in [-0.4, -0.2) is 49.9 Å². The van der Waals surface area contributed by atoms with E-state index in [1.807, 2.05) is 12.1 Å². The Balaban J connectivity index is 1.69. The van der Waals surface area contributed by atoms with Gasteiger partial charge in [0.2, 0.25) is 0 Å². The van der Waals surface area contributed by atoms with Crippen molar-refractivity contribution in [2.75, 3.05) is 13.1 Å². The van der Waals surface area contributed by atoms with E-state index in [2.05, 4.69) is 10.1 Å². The van der Waals surface area contributed by atoms with Gasteiger partial charge in [-0.3, -0.25) is 14.5 Å². The van der Waals surface area contributed by atoms with Gasteiger partial charge in [0.25, 0.3) is 5.91 Å². The van der Waals surface area contributed by atoms with Gasteiger partial charge in [0.15, 0.2) is 0 Å². The summed E-state index contributed by atoms with van der Waals surface area (Å²) in [4.78, 5) is 18.1. The van der Waals surface area contributed by atoms with Crippen LogP contribution in [0, 0.1) is 5.92 Å². The highest BCUT2D eigenvalue weighted by Gasteiger charge is 2.35. The molecule has 2 aromatic heterocycles. The number of aryl methyl sites for hydroxylation is 1. The van der Waals surface area contributed by atoms with E-state index >= 15 is 0 Å². The number of hydrogen-bond acceptors (Lipinski definition) is 4. The van der Waals surface area contributed by atoms with E-state index in [0.717, 1.165) is 12.0 Å². The van der Waals surface area contributed by atoms with Crippen LogP contribution < -0.4 is 0 Å². The number of nitrogens with zero attached hydrogens (tertiary/aromatic N) is 4. The van der Waals surface area contributed by atoms with E-state index in [-0.39, 0.29) is 11.8 Å². The number of aliphatic hydroxyl groups is 1. The molecule has 0 radical (unpaired) electrons. The first-order chi connectivity index (χ1) is 10.1. The number of hydrogen-bond donors (Lipinski definition) is 1. The summed E-state index contributed by atoms with van der Waals surface area (Å²) >= 11 is 0. The minimum atomic E-state index is -0.490. The fourth-order valence-electron chi connectivity index (χ4n) is 2.79. The number of carbonyl (C=O) groups excluding carboxylic acids is 1. The van der Waals surface area contributed by atoms with Crippen molar-refractivity contribution in [3.05, 3.63) is 48.0 Å². The van der Waals surface area contributed by atoms with Crippen molar-refractivity contribution in [2.45, 2.75) is 12.5 Å². The van der Waals surface area contributed by atoms with E-state index in [1.54, 1.807) is 41.3 Å². The molecule has 1 amide bonds. The Bertz CT molecular complexity index is 626. The maximum atomic E-state index is 12.4. The molecule has 0 aromatic carbocycles. The van der Waals surface area contributed by atoms with Crippen LogP contribution in [0.5, 0.6) is 0 Å². The molecule has 1 aliphatic rings. The average Bonchev–Trinajstić information content (AvgIpc) is 3.06. The molecule has 1 saturated heterocycles. The molecule has 2 atom stereocenters. The zero-order valence-electron chi connectivity index (χ0n) is 11.9. The van der Waals surface area contributed by atoms with Crippen LogP contribution >= 0.6 is 0 Å². The van der Waals surface area contributed by atoms with Crippen LogP contribution in [0.1, 0.15) is 16.1 Å². The average molecular weight is 286 g/mol. The second-order valence-corrected chi connectivity index (χ2v) is 5.44. The van der Waals surface area contributed by atoms with E-state index in [1.165, 1.54) is 0 Å². The molecule has 3 heterocycles. The highest BCUT2D eigenvalue weighted by atomic mass is 16.3. The Morgan fingerprint density at radius 3 is 2.71 bits per heavy atom. The summed E-state index contributed by atoms with van der Waals surface area (Å²) < 4.78 is 1.56. The largest absolute Gasteiger partial charge is 0.391 e. The second kappa shape index (κ2) is 5.65. The molecule has 6 heteroatoms. The van der Waals surface area contributed by atoms with Crippen LogP contribution in [-0.2, 0) is 13.5 Å². The quantitative estimate of drug-likeness (QED) is 0.891. The maximum Gasteiger partial charge on any atom is 0.272 e. The normalized spacial score (nSPS) is 21.7. The Hall–Kier alpha value is -2.21. The Kier molecular flexibility index (Phi) is 3.70. The van der Waals surface area contributed by atoms with E-state index in [9.17, 15) is 9.90 Å². The molecule has 1 fully saturated rings. The summed E-state index contributed by atoms with van der Waals surface area (Å²) in [7, 11) is 1.74. The molecule has 0 saturated carbocycles. The van der Waals surface area contributed by atoms with Crippen molar-refractivity contribution in [3.8, 4) is 0 Å². The molecule has 0 aliphatic carbocycles. The third-order valence-corrected chi connectivity index (χ3v) is 3.98. The van der Waals surface area contributed by atoms with Gasteiger partial charge in [0.1, 0.15) is 5.69 Å². The van der Waals surface area contributed by atoms with Crippen LogP contribution in [0.4, 0.5) is 0 Å². The van der Waals surface area contributed by atoms with Crippen molar-refractivity contribution in [1.29, 1.82) is 0 Å². The maximum absolute atomic E-state index is 12.4. The highest BCUT2D eigenvalue weighted by Crippen LogP contribution is 2.22. The summed E-state index contributed by atoms with van der Waals surface area (Å²) in [5.74, 6) is -0.0177. The second-order valence-electron chi connectivity index (χ2n) is 5.44. The molecule has 0 spiro atoms. The molecule has 21 heavy (non-hydrogen) atoms. The lowest BCUT2D eigenvalue weighted by Gasteiger charge is -2.16. The smallest absolute Gasteiger partial charge is 0.272 e. The van der Waals surface area contributed by atoms with Gasteiger partial charge in [-0.1, -0.05) is 0 Å². The third-order valence-electron chi connectivity index (χ3n) is 3.98. The zero-order valence-corrected chi connectivity index (χ0v) is 11.9. The van der Waals surface area contributed by atoms with E-state index in [4.69, 9.17) is 0 Å². The van der Waals surface area contributed by atoms with Crippen LogP contribution in [0.25, 0.3) is 0 Å². The summed E-state index contributed by atoms with van der Waals surface area (Å²) in [5.41, 5.74) is 1.68. The molecule has 2 aromatic rings. The fraction of sp³-hybridized carbons (Fsp3) is 0.400. The fourth-order valence-corrected chi connectivity index (χ4v) is 2.79. The minimum absolute atomic E-state index is 0.0598. The van der Waals surface area contributed by atoms with Crippen molar-refractivity contribution in [3.63, 3.8) is 0 Å². The molecule has 110 valence electrons. The van der Waals surface area contributed by atoms with Crippen LogP contribution in [0.3, 0.4) is 0 Å². The lowest BCUT2D eigenvalue weighted by Crippen LogP contribution is -2.31. The molecule has 0 bridgehead atoms. The molecule has 3 rings (SSSR count). The van der Waals surface area contributed by atoms with Gasteiger partial charge in [-0.05, 0) is 30.2 Å². The number of amides is 1. The van der Waals surface area contributed by atoms with Gasteiger partial charge in [-0.2, -0.15) is 5.10 Å². The number of rotatable bonds is 3. The van der Waals surface area contributed by atoms with Crippen molar-refractivity contribution < 1.29 is 9.90 Å². The summed E-state index contributed by atoms with van der Waals surface area (Å²) in [6.07, 6.45) is 5.35. The monoisotopic (exact) mass is 286 g/mol. The summed E-state index contributed by atoms with van der Waals surface area (Å²) in [6.45, 7) is 0.938. The zero-order chi connectivity index (χ0) is 14.8. The SMILES string of the molecule is Cn1nccc1C(=O)N1C[C@@H](Cc2ccncc2)[C@@H](O)C1. The minimum Gasteiger partial charge on any atom is -0.391 e. The summed E-state index contributed by atoms with van der Waals surface area (Å²) in [6, 6.07) is 5.58. The predicted molar refractivity (Wildman–Crippen MR) is 76.5 cm³/mol. The van der Waals surface area contributed by atoms with Crippen molar-refractivity contribution in [2.24, 2.45) is 13.0 Å². The number of pyridine rings is 1. The van der Waals surface area contributed by atoms with E-state index in [0.29, 0.717) is 18.8 Å². The first kappa shape index (κ1) is 13.8. The van der Waals surface area contributed by atoms with E-state index < -0.39 is 6.10 Å². The number of aliphatic hydroxyl groups excluding tert-OH is 1. The lowest BCUT2D eigenvalue weighted by molar-refractivity contribution is 0.0754. The van der Waals surface area contributed by atoms with Crippen molar-refractivity contribution >= 4 is 5.91 Å². The Labute approximate surface area is 123 Å². The van der Waals surface area contributed by atoms with Gasteiger partial charge in [0, 0.05) is 44.6 Å². The van der Waals surface area contributed by atoms with Gasteiger partial charge < -0.3 is 10.0 Å². The predicted octanol–water partition coefficient (Wildman–Crippen LogP) is 0.491. The number of β-amino-alcohol motifs (C(OH)–C–C–N with tert-alkyl or cyclic N) is 1. The lowest BCUT2D eigenvalue weighted by atomic mass is 9.97. The van der Waals surface area contributed by atoms with Gasteiger partial charge in [-0.25, -0.2) is 0 Å². The molecule has 1 aliphatic heterocycles. The topological polar surface area (TPSA) is 71.2 Å². The molecule has 0 unspecified atom stereocenters. The first-order valence-electron chi connectivity index (χ1n) is 6.99. The number of carbonyl (C=O) groups is 1. The Morgan fingerprint density at radius 1 is 1.29 bits per heavy atom. The summed E-state index contributed by atoms with van der Waals surface area (Å²) in [5, 5.41) is 14.2. The van der Waals surface area contributed by atoms with Crippen LogP contribution in [0.2, 0.25) is 0 Å². The van der Waals surface area contributed by atoms with Gasteiger partial charge in [0.05, 0.1) is 6.10 Å². The number of likely N-dealkylation sites (tertiary alicyclic amines) is 1. The molecule has 6 nitrogen and oxygen atoms in total. The first-order valence-corrected chi connectivity index (χ1v) is 6.99. The standard InChI is InChI=1S/C15H18N4O2/c1-18-13(4-7-17-18)15(21)19-9-12(14(20)10-19)8-11-2-5-16-6-3-11/h2-7,12,14,20H,8-10H2,1H3/t12-,14+/m1/s1. The molecular weight excluding hydrogens is 268 g/mol. The Morgan fingerprint density at radius 2 is 2.05 bits per heavy atom. The van der Waals surface area contributed by atoms with Gasteiger partial charge in [-0.15, -0.1) is 0 Å². The van der Waals surface area contributed by atoms with Gasteiger partial charge >= 0.3 is 0 Å². The number of aromatic nitrogens is 3. The van der Waals surface area contributed by atoms with Crippen LogP contribution in [0.15, 0.2) is 36.8 Å². The molecule has 1 N–H and O–H groups in total. The van der Waals surface area contributed by atoms with Crippen molar-refractivity contribution in [1.82, 2.24) is 19.7 Å².